The molecule has 1 saturated carbocycles. The van der Waals surface area contributed by atoms with Gasteiger partial charge in [0.05, 0.1) is 0 Å². The monoisotopic (exact) mass is 256 g/mol. The van der Waals surface area contributed by atoms with Crippen LogP contribution in [0, 0.1) is 11.7 Å². The molecule has 2 nitrogen and oxygen atoms in total. The second-order valence-corrected chi connectivity index (χ2v) is 5.16. The molecule has 0 aliphatic heterocycles. The molecule has 1 atom stereocenters. The summed E-state index contributed by atoms with van der Waals surface area (Å²) in [6.45, 7) is 1.14. The van der Waals surface area contributed by atoms with Crippen LogP contribution in [-0.4, -0.2) is 24.5 Å². The number of hydrogen-bond acceptors (Lipinski definition) is 2. The summed E-state index contributed by atoms with van der Waals surface area (Å²) in [5, 5.41) is 0.489. The molecule has 94 valence electrons. The van der Waals surface area contributed by atoms with E-state index in [1.807, 2.05) is 7.05 Å². The number of rotatable bonds is 5. The third-order valence-electron chi connectivity index (χ3n) is 3.44. The minimum absolute atomic E-state index is 0.240. The molecule has 0 radical (unpaired) electrons. The Morgan fingerprint density at radius 3 is 2.76 bits per heavy atom. The maximum Gasteiger partial charge on any atom is 0.129 e. The number of nitrogens with two attached hydrogens (primary N) is 1. The van der Waals surface area contributed by atoms with Crippen LogP contribution in [-0.2, 0) is 6.54 Å². The van der Waals surface area contributed by atoms with E-state index < -0.39 is 0 Å². The van der Waals surface area contributed by atoms with Gasteiger partial charge in [-0.15, -0.1) is 0 Å². The molecule has 0 spiro atoms. The van der Waals surface area contributed by atoms with Gasteiger partial charge in [-0.25, -0.2) is 4.39 Å². The van der Waals surface area contributed by atoms with Crippen molar-refractivity contribution >= 4 is 11.6 Å². The molecule has 0 aromatic heterocycles. The minimum Gasteiger partial charge on any atom is -0.329 e. The lowest BCUT2D eigenvalue weighted by atomic mass is 10.1. The van der Waals surface area contributed by atoms with Crippen molar-refractivity contribution in [2.75, 3.05) is 13.6 Å². The summed E-state index contributed by atoms with van der Waals surface area (Å²) in [4.78, 5) is 2.11. The fourth-order valence-corrected chi connectivity index (χ4v) is 2.49. The molecule has 0 bridgehead atoms. The van der Waals surface area contributed by atoms with Gasteiger partial charge in [-0.2, -0.15) is 0 Å². The predicted octanol–water partition coefficient (Wildman–Crippen LogP) is 2.65. The molecule has 17 heavy (non-hydrogen) atoms. The van der Waals surface area contributed by atoms with Crippen molar-refractivity contribution < 1.29 is 4.39 Å². The van der Waals surface area contributed by atoms with Crippen molar-refractivity contribution in [3.8, 4) is 0 Å². The van der Waals surface area contributed by atoms with Gasteiger partial charge in [-0.1, -0.05) is 17.7 Å². The number of halogens is 2. The standard InChI is InChI=1S/C13H18ClFN2/c1-17(13(7-16)9-5-6-9)8-10-11(14)3-2-4-12(10)15/h2-4,9,13H,5-8,16H2,1H3. The summed E-state index contributed by atoms with van der Waals surface area (Å²) in [6, 6.07) is 5.14. The molecule has 0 heterocycles. The van der Waals surface area contributed by atoms with Crippen LogP contribution in [0.5, 0.6) is 0 Å². The predicted molar refractivity (Wildman–Crippen MR) is 68.4 cm³/mol. The van der Waals surface area contributed by atoms with Gasteiger partial charge >= 0.3 is 0 Å². The summed E-state index contributed by atoms with van der Waals surface area (Å²) in [6.07, 6.45) is 2.47. The zero-order chi connectivity index (χ0) is 12.4. The second-order valence-electron chi connectivity index (χ2n) is 4.76. The lowest BCUT2D eigenvalue weighted by molar-refractivity contribution is 0.213. The van der Waals surface area contributed by atoms with Gasteiger partial charge < -0.3 is 5.73 Å². The molecule has 0 saturated heterocycles. The van der Waals surface area contributed by atoms with Crippen LogP contribution in [0.25, 0.3) is 0 Å². The van der Waals surface area contributed by atoms with E-state index in [2.05, 4.69) is 4.90 Å². The number of hydrogen-bond donors (Lipinski definition) is 1. The third kappa shape index (κ3) is 2.97. The Kier molecular flexibility index (Phi) is 4.02. The molecular weight excluding hydrogens is 239 g/mol. The molecule has 4 heteroatoms. The van der Waals surface area contributed by atoms with Crippen LogP contribution in [0.3, 0.4) is 0 Å². The molecule has 1 fully saturated rings. The van der Waals surface area contributed by atoms with Gasteiger partial charge in [0.2, 0.25) is 0 Å². The molecule has 2 N–H and O–H groups in total. The number of nitrogens with zero attached hydrogens (tertiary/aromatic N) is 1. The van der Waals surface area contributed by atoms with Crippen LogP contribution in [0.1, 0.15) is 18.4 Å². The number of benzene rings is 1. The first-order chi connectivity index (χ1) is 8.13. The second kappa shape index (κ2) is 5.34. The van der Waals surface area contributed by atoms with Gasteiger partial charge in [0.1, 0.15) is 5.82 Å². The molecule has 1 aromatic carbocycles. The summed E-state index contributed by atoms with van der Waals surface area (Å²) in [5.41, 5.74) is 6.34. The normalized spacial score (nSPS) is 17.5. The maximum atomic E-state index is 13.7. The highest BCUT2D eigenvalue weighted by Crippen LogP contribution is 2.35. The fraction of sp³-hybridized carbons (Fsp3) is 0.538. The van der Waals surface area contributed by atoms with E-state index in [9.17, 15) is 4.39 Å². The largest absolute Gasteiger partial charge is 0.329 e. The Morgan fingerprint density at radius 1 is 1.53 bits per heavy atom. The highest BCUT2D eigenvalue weighted by molar-refractivity contribution is 6.31. The van der Waals surface area contributed by atoms with Crippen molar-refractivity contribution in [3.63, 3.8) is 0 Å². The van der Waals surface area contributed by atoms with E-state index >= 15 is 0 Å². The molecule has 0 amide bonds. The molecule has 1 aliphatic carbocycles. The smallest absolute Gasteiger partial charge is 0.129 e. The Morgan fingerprint density at radius 2 is 2.24 bits per heavy atom. The van der Waals surface area contributed by atoms with Crippen LogP contribution in [0.4, 0.5) is 4.39 Å². The van der Waals surface area contributed by atoms with E-state index in [0.717, 1.165) is 0 Å². The average molecular weight is 257 g/mol. The van der Waals surface area contributed by atoms with E-state index in [0.29, 0.717) is 35.6 Å². The zero-order valence-corrected chi connectivity index (χ0v) is 10.8. The SMILES string of the molecule is CN(Cc1c(F)cccc1Cl)C(CN)C1CC1. The quantitative estimate of drug-likeness (QED) is 0.878. The van der Waals surface area contributed by atoms with Crippen LogP contribution in [0.2, 0.25) is 5.02 Å². The molecule has 2 rings (SSSR count). The Balaban J connectivity index is 2.08. The molecular formula is C13H18ClFN2. The average Bonchev–Trinajstić information content (AvgIpc) is 3.09. The van der Waals surface area contributed by atoms with Gasteiger partial charge in [0.15, 0.2) is 0 Å². The topological polar surface area (TPSA) is 29.3 Å². The van der Waals surface area contributed by atoms with Crippen molar-refractivity contribution in [2.45, 2.75) is 25.4 Å². The van der Waals surface area contributed by atoms with Gasteiger partial charge in [0.25, 0.3) is 0 Å². The Labute approximate surface area is 107 Å². The third-order valence-corrected chi connectivity index (χ3v) is 3.80. The summed E-state index contributed by atoms with van der Waals surface area (Å²) in [7, 11) is 1.98. The zero-order valence-electron chi connectivity index (χ0n) is 10.00. The first-order valence-electron chi connectivity index (χ1n) is 5.96. The van der Waals surface area contributed by atoms with Crippen LogP contribution < -0.4 is 5.73 Å². The Hall–Kier alpha value is -0.640. The van der Waals surface area contributed by atoms with Gasteiger partial charge in [-0.05, 0) is 37.9 Å². The molecule has 1 aliphatic rings. The van der Waals surface area contributed by atoms with E-state index in [-0.39, 0.29) is 5.82 Å². The maximum absolute atomic E-state index is 13.7. The van der Waals surface area contributed by atoms with Crippen molar-refractivity contribution in [3.05, 3.63) is 34.6 Å². The van der Waals surface area contributed by atoms with E-state index in [1.165, 1.54) is 18.9 Å². The van der Waals surface area contributed by atoms with Crippen LogP contribution >= 0.6 is 11.6 Å². The first-order valence-corrected chi connectivity index (χ1v) is 6.34. The summed E-state index contributed by atoms with van der Waals surface area (Å²) in [5.74, 6) is 0.437. The molecule has 1 unspecified atom stereocenters. The highest BCUT2D eigenvalue weighted by atomic mass is 35.5. The fourth-order valence-electron chi connectivity index (χ4n) is 2.26. The first kappa shape index (κ1) is 12.8. The summed E-state index contributed by atoms with van der Waals surface area (Å²) >= 11 is 6.02. The van der Waals surface area contributed by atoms with E-state index in [4.69, 9.17) is 17.3 Å². The van der Waals surface area contributed by atoms with Gasteiger partial charge in [0, 0.05) is 29.7 Å². The van der Waals surface area contributed by atoms with Crippen molar-refractivity contribution in [1.29, 1.82) is 0 Å². The number of likely N-dealkylation sites (N-methyl/N-ethyl adjacent to an activating group) is 1. The molecule has 1 aromatic rings. The lowest BCUT2D eigenvalue weighted by Gasteiger charge is -2.27. The lowest BCUT2D eigenvalue weighted by Crippen LogP contribution is -2.39. The minimum atomic E-state index is -0.240. The highest BCUT2D eigenvalue weighted by Gasteiger charge is 2.33. The van der Waals surface area contributed by atoms with Gasteiger partial charge in [-0.3, -0.25) is 4.90 Å². The van der Waals surface area contributed by atoms with Crippen LogP contribution in [0.15, 0.2) is 18.2 Å². The van der Waals surface area contributed by atoms with E-state index in [1.54, 1.807) is 12.1 Å². The Bertz CT molecular complexity index is 373. The van der Waals surface area contributed by atoms with Crippen molar-refractivity contribution in [2.24, 2.45) is 11.7 Å². The summed E-state index contributed by atoms with van der Waals surface area (Å²) < 4.78 is 13.7. The van der Waals surface area contributed by atoms with Crippen molar-refractivity contribution in [1.82, 2.24) is 4.90 Å².